The topological polar surface area (TPSA) is 123 Å². The summed E-state index contributed by atoms with van der Waals surface area (Å²) in [6, 6.07) is 7.14. The highest BCUT2D eigenvalue weighted by molar-refractivity contribution is 6.08. The van der Waals surface area contributed by atoms with Gasteiger partial charge in [-0.15, -0.1) is 0 Å². The molecular formula is C25H29FN4O4. The molecule has 2 atom stereocenters. The first-order valence-corrected chi connectivity index (χ1v) is 11.1. The van der Waals surface area contributed by atoms with Crippen molar-refractivity contribution in [2.75, 3.05) is 24.3 Å². The fraction of sp³-hybridized carbons (Fsp3) is 0.400. The number of nitrogens with two attached hydrogens (primary N) is 1. The van der Waals surface area contributed by atoms with E-state index < -0.39 is 23.2 Å². The number of halogens is 1. The van der Waals surface area contributed by atoms with Crippen molar-refractivity contribution in [1.29, 1.82) is 0 Å². The molecule has 0 radical (unpaired) electrons. The third-order valence-electron chi connectivity index (χ3n) is 6.34. The molecule has 0 bridgehead atoms. The molecule has 1 saturated heterocycles. The second-order valence-corrected chi connectivity index (χ2v) is 10.2. The van der Waals surface area contributed by atoms with E-state index in [1.165, 1.54) is 31.4 Å². The van der Waals surface area contributed by atoms with Crippen LogP contribution in [0, 0.1) is 11.2 Å². The molecule has 0 aromatic heterocycles. The van der Waals surface area contributed by atoms with Gasteiger partial charge in [0, 0.05) is 12.1 Å². The van der Waals surface area contributed by atoms with Crippen LogP contribution >= 0.6 is 0 Å². The predicted octanol–water partition coefficient (Wildman–Crippen LogP) is 2.71. The van der Waals surface area contributed by atoms with Crippen LogP contribution in [0.1, 0.15) is 48.7 Å². The number of hydrogen-bond donors (Lipinski definition) is 4. The maximum Gasteiger partial charge on any atom is 0.248 e. The highest BCUT2D eigenvalue weighted by Gasteiger charge is 2.54. The van der Waals surface area contributed by atoms with Crippen LogP contribution < -0.4 is 26.4 Å². The van der Waals surface area contributed by atoms with Gasteiger partial charge in [0.05, 0.1) is 29.9 Å². The van der Waals surface area contributed by atoms with Crippen molar-refractivity contribution in [3.05, 3.63) is 52.8 Å². The first-order chi connectivity index (χ1) is 15.9. The van der Waals surface area contributed by atoms with E-state index in [1.807, 2.05) is 6.07 Å². The van der Waals surface area contributed by atoms with Gasteiger partial charge in [0.1, 0.15) is 11.6 Å². The summed E-state index contributed by atoms with van der Waals surface area (Å²) >= 11 is 0. The number of fused-ring (bicyclic) bond motifs is 2. The lowest BCUT2D eigenvalue weighted by atomic mass is 9.77. The Morgan fingerprint density at radius 1 is 1.26 bits per heavy atom. The minimum absolute atomic E-state index is 0.0522. The van der Waals surface area contributed by atoms with Crippen LogP contribution in [0.2, 0.25) is 0 Å². The summed E-state index contributed by atoms with van der Waals surface area (Å²) in [6.45, 7) is 6.41. The van der Waals surface area contributed by atoms with Gasteiger partial charge in [-0.25, -0.2) is 4.39 Å². The molecule has 2 aromatic carbocycles. The summed E-state index contributed by atoms with van der Waals surface area (Å²) in [5.74, 6) is -1.47. The second-order valence-electron chi connectivity index (χ2n) is 10.2. The number of anilines is 2. The van der Waals surface area contributed by atoms with Crippen LogP contribution in [0.4, 0.5) is 15.8 Å². The number of methoxy groups -OCH3 is 1. The number of benzene rings is 2. The maximum atomic E-state index is 14.9. The van der Waals surface area contributed by atoms with E-state index in [-0.39, 0.29) is 47.2 Å². The van der Waals surface area contributed by atoms with E-state index >= 15 is 0 Å². The lowest BCUT2D eigenvalue weighted by molar-refractivity contribution is -0.120. The molecule has 0 saturated carbocycles. The molecule has 2 aliphatic rings. The molecule has 1 fully saturated rings. The van der Waals surface area contributed by atoms with E-state index in [0.29, 0.717) is 17.7 Å². The smallest absolute Gasteiger partial charge is 0.248 e. The van der Waals surface area contributed by atoms with Crippen LogP contribution in [0.5, 0.6) is 5.75 Å². The van der Waals surface area contributed by atoms with Gasteiger partial charge in [0.25, 0.3) is 0 Å². The third-order valence-corrected chi connectivity index (χ3v) is 6.34. The lowest BCUT2D eigenvalue weighted by Crippen LogP contribution is -2.36. The number of hydrogen-bond acceptors (Lipinski definition) is 5. The van der Waals surface area contributed by atoms with Gasteiger partial charge < -0.3 is 26.4 Å². The molecule has 2 aliphatic heterocycles. The molecule has 5 N–H and O–H groups in total. The Hall–Kier alpha value is -3.46. The Balaban J connectivity index is 1.58. The average molecular weight is 469 g/mol. The van der Waals surface area contributed by atoms with Gasteiger partial charge in [0.2, 0.25) is 17.7 Å². The molecule has 180 valence electrons. The normalized spacial score (nSPS) is 21.3. The van der Waals surface area contributed by atoms with Crippen LogP contribution in [0.25, 0.3) is 0 Å². The number of nitrogens with one attached hydrogen (secondary N) is 3. The number of ether oxygens (including phenoxy) is 1. The third kappa shape index (κ3) is 4.23. The maximum absolute atomic E-state index is 14.9. The van der Waals surface area contributed by atoms with Crippen LogP contribution in [-0.2, 0) is 21.4 Å². The van der Waals surface area contributed by atoms with Gasteiger partial charge in [-0.05, 0) is 53.6 Å². The second kappa shape index (κ2) is 8.39. The molecule has 2 unspecified atom stereocenters. The Kier molecular flexibility index (Phi) is 5.85. The number of carbonyl (C=O) groups excluding carboxylic acids is 3. The van der Waals surface area contributed by atoms with Crippen molar-refractivity contribution in [2.24, 2.45) is 11.1 Å². The summed E-state index contributed by atoms with van der Waals surface area (Å²) in [7, 11) is 1.42. The van der Waals surface area contributed by atoms with Crippen molar-refractivity contribution in [3.63, 3.8) is 0 Å². The fourth-order valence-corrected chi connectivity index (χ4v) is 4.76. The number of carbonyl (C=O) groups is 3. The summed E-state index contributed by atoms with van der Waals surface area (Å²) in [6.07, 6.45) is 0.831. The zero-order valence-electron chi connectivity index (χ0n) is 19.7. The minimum Gasteiger partial charge on any atom is -0.495 e. The summed E-state index contributed by atoms with van der Waals surface area (Å²) in [5.41, 5.74) is 6.42. The van der Waals surface area contributed by atoms with Gasteiger partial charge >= 0.3 is 0 Å². The standard InChI is InChI=1S/C25H29FN4O4/c1-24(2,3)10-13-7-15-20(16(26)8-13)30-23(33)25(15)11-18(28-12-25)22(32)29-17-6-5-14(21(27)31)9-19(17)34-4/h5-9,18,28H,10-12H2,1-4H3,(H2,27,31)(H,29,32)(H,30,33). The predicted molar refractivity (Wildman–Crippen MR) is 126 cm³/mol. The number of amides is 3. The highest BCUT2D eigenvalue weighted by Crippen LogP contribution is 2.45. The average Bonchev–Trinajstić information content (AvgIpc) is 3.31. The summed E-state index contributed by atoms with van der Waals surface area (Å²) < 4.78 is 20.2. The van der Waals surface area contributed by atoms with E-state index in [2.05, 4.69) is 36.7 Å². The monoisotopic (exact) mass is 468 g/mol. The molecule has 8 nitrogen and oxygen atoms in total. The molecule has 34 heavy (non-hydrogen) atoms. The highest BCUT2D eigenvalue weighted by atomic mass is 19.1. The van der Waals surface area contributed by atoms with Crippen molar-refractivity contribution < 1.29 is 23.5 Å². The number of rotatable bonds is 5. The van der Waals surface area contributed by atoms with Crippen LogP contribution in [0.3, 0.4) is 0 Å². The SMILES string of the molecule is COc1cc(C(N)=O)ccc1NC(=O)C1CC2(CN1)C(=O)Nc1c(F)cc(CC(C)(C)C)cc12. The molecule has 0 aliphatic carbocycles. The van der Waals surface area contributed by atoms with Crippen molar-refractivity contribution >= 4 is 29.1 Å². The zero-order valence-corrected chi connectivity index (χ0v) is 19.7. The Labute approximate surface area is 197 Å². The molecule has 2 aromatic rings. The Morgan fingerprint density at radius 2 is 2.00 bits per heavy atom. The minimum atomic E-state index is -1.04. The van der Waals surface area contributed by atoms with Crippen LogP contribution in [0.15, 0.2) is 30.3 Å². The van der Waals surface area contributed by atoms with E-state index in [1.54, 1.807) is 0 Å². The van der Waals surface area contributed by atoms with Gasteiger partial charge in [-0.3, -0.25) is 14.4 Å². The first-order valence-electron chi connectivity index (χ1n) is 11.1. The van der Waals surface area contributed by atoms with E-state index in [0.717, 1.165) is 5.56 Å². The van der Waals surface area contributed by atoms with E-state index in [4.69, 9.17) is 10.5 Å². The van der Waals surface area contributed by atoms with Crippen LogP contribution in [-0.4, -0.2) is 37.4 Å². The molecule has 4 rings (SSSR count). The fourth-order valence-electron chi connectivity index (χ4n) is 4.76. The molecular weight excluding hydrogens is 439 g/mol. The van der Waals surface area contributed by atoms with Gasteiger partial charge in [0.15, 0.2) is 0 Å². The molecule has 2 heterocycles. The van der Waals surface area contributed by atoms with Crippen molar-refractivity contribution in [2.45, 2.75) is 45.1 Å². The molecule has 9 heteroatoms. The lowest BCUT2D eigenvalue weighted by Gasteiger charge is -2.23. The largest absolute Gasteiger partial charge is 0.495 e. The Morgan fingerprint density at radius 3 is 2.65 bits per heavy atom. The Bertz CT molecular complexity index is 1190. The zero-order chi connectivity index (χ0) is 24.8. The van der Waals surface area contributed by atoms with Crippen molar-refractivity contribution in [1.82, 2.24) is 5.32 Å². The van der Waals surface area contributed by atoms with Gasteiger partial charge in [-0.2, -0.15) is 0 Å². The number of primary amides is 1. The quantitative estimate of drug-likeness (QED) is 0.537. The molecule has 3 amide bonds. The van der Waals surface area contributed by atoms with Crippen molar-refractivity contribution in [3.8, 4) is 5.75 Å². The molecule has 1 spiro atoms. The van der Waals surface area contributed by atoms with Gasteiger partial charge in [-0.1, -0.05) is 26.8 Å². The summed E-state index contributed by atoms with van der Waals surface area (Å²) in [5, 5.41) is 8.59. The first kappa shape index (κ1) is 23.7. The summed E-state index contributed by atoms with van der Waals surface area (Å²) in [4.78, 5) is 37.5. The van der Waals surface area contributed by atoms with E-state index in [9.17, 15) is 18.8 Å².